The Kier molecular flexibility index (Phi) is 5.22. The number of nitrogens with one attached hydrogen (secondary N) is 1. The number of benzene rings is 1. The fraction of sp³-hybridized carbons (Fsp3) is 0.417. The summed E-state index contributed by atoms with van der Waals surface area (Å²) in [5, 5.41) is 2.51. The van der Waals surface area contributed by atoms with Crippen LogP contribution in [-0.2, 0) is 4.79 Å². The predicted molar refractivity (Wildman–Crippen MR) is 72.4 cm³/mol. The summed E-state index contributed by atoms with van der Waals surface area (Å²) < 4.78 is 13.5. The number of hydrogen-bond acceptors (Lipinski definition) is 3. The standard InChI is InChI=1S/C12H17ClFN3O/c1-3-4-17(7-12(18)16-2)11-6-9(14)8(13)5-10(11)15/h5-6H,3-4,7,15H2,1-2H3,(H,16,18). The molecular formula is C12H17ClFN3O. The number of amides is 1. The van der Waals surface area contributed by atoms with E-state index < -0.39 is 5.82 Å². The van der Waals surface area contributed by atoms with Gasteiger partial charge in [-0.15, -0.1) is 0 Å². The zero-order chi connectivity index (χ0) is 13.7. The van der Waals surface area contributed by atoms with Gasteiger partial charge in [-0.25, -0.2) is 4.39 Å². The second-order valence-electron chi connectivity index (χ2n) is 3.92. The molecule has 18 heavy (non-hydrogen) atoms. The molecule has 4 nitrogen and oxygen atoms in total. The van der Waals surface area contributed by atoms with Gasteiger partial charge in [0.2, 0.25) is 5.91 Å². The van der Waals surface area contributed by atoms with Gasteiger partial charge >= 0.3 is 0 Å². The maximum Gasteiger partial charge on any atom is 0.239 e. The Morgan fingerprint density at radius 2 is 2.22 bits per heavy atom. The van der Waals surface area contributed by atoms with Gasteiger partial charge in [0.05, 0.1) is 22.9 Å². The van der Waals surface area contributed by atoms with E-state index in [1.807, 2.05) is 6.92 Å². The molecule has 1 aromatic rings. The first-order valence-electron chi connectivity index (χ1n) is 5.69. The molecule has 0 aromatic heterocycles. The molecule has 0 heterocycles. The van der Waals surface area contributed by atoms with Gasteiger partial charge in [-0.1, -0.05) is 18.5 Å². The normalized spacial score (nSPS) is 10.2. The molecule has 0 aliphatic carbocycles. The molecule has 0 unspecified atom stereocenters. The lowest BCUT2D eigenvalue weighted by molar-refractivity contribution is -0.119. The summed E-state index contributed by atoms with van der Waals surface area (Å²) in [6.07, 6.45) is 0.820. The van der Waals surface area contributed by atoms with Crippen molar-refractivity contribution in [2.24, 2.45) is 0 Å². The van der Waals surface area contributed by atoms with Gasteiger partial charge in [0.15, 0.2) is 0 Å². The number of halogens is 2. The molecule has 0 aliphatic rings. The van der Waals surface area contributed by atoms with Crippen LogP contribution in [0.5, 0.6) is 0 Å². The number of anilines is 2. The van der Waals surface area contributed by atoms with Gasteiger partial charge in [-0.3, -0.25) is 4.79 Å². The summed E-state index contributed by atoms with van der Waals surface area (Å²) in [5.74, 6) is -0.697. The van der Waals surface area contributed by atoms with Crippen molar-refractivity contribution in [2.45, 2.75) is 13.3 Å². The van der Waals surface area contributed by atoms with Gasteiger partial charge in [0, 0.05) is 19.7 Å². The smallest absolute Gasteiger partial charge is 0.239 e. The van der Waals surface area contributed by atoms with Gasteiger partial charge in [0.1, 0.15) is 5.82 Å². The van der Waals surface area contributed by atoms with Crippen LogP contribution >= 0.6 is 11.6 Å². The Morgan fingerprint density at radius 1 is 1.56 bits per heavy atom. The van der Waals surface area contributed by atoms with Gasteiger partial charge < -0.3 is 16.0 Å². The van der Waals surface area contributed by atoms with E-state index in [9.17, 15) is 9.18 Å². The van der Waals surface area contributed by atoms with Crippen molar-refractivity contribution >= 4 is 28.9 Å². The summed E-state index contributed by atoms with van der Waals surface area (Å²) in [6.45, 7) is 2.72. The van der Waals surface area contributed by atoms with E-state index >= 15 is 0 Å². The summed E-state index contributed by atoms with van der Waals surface area (Å²) in [7, 11) is 1.55. The molecule has 100 valence electrons. The van der Waals surface area contributed by atoms with E-state index in [-0.39, 0.29) is 17.5 Å². The molecule has 0 atom stereocenters. The number of rotatable bonds is 5. The number of nitrogens with zero attached hydrogens (tertiary/aromatic N) is 1. The Morgan fingerprint density at radius 3 is 2.78 bits per heavy atom. The summed E-state index contributed by atoms with van der Waals surface area (Å²) >= 11 is 5.65. The zero-order valence-electron chi connectivity index (χ0n) is 10.5. The molecule has 3 N–H and O–H groups in total. The minimum Gasteiger partial charge on any atom is -0.397 e. The second kappa shape index (κ2) is 6.44. The zero-order valence-corrected chi connectivity index (χ0v) is 11.2. The third kappa shape index (κ3) is 3.50. The molecule has 1 aromatic carbocycles. The van der Waals surface area contributed by atoms with Crippen LogP contribution in [0.4, 0.5) is 15.8 Å². The Bertz CT molecular complexity index is 440. The lowest BCUT2D eigenvalue weighted by Crippen LogP contribution is -2.36. The van der Waals surface area contributed by atoms with Gasteiger partial charge in [0.25, 0.3) is 0 Å². The van der Waals surface area contributed by atoms with Crippen LogP contribution in [0.25, 0.3) is 0 Å². The number of likely N-dealkylation sites (N-methyl/N-ethyl adjacent to an activating group) is 1. The van der Waals surface area contributed by atoms with Crippen LogP contribution in [0.1, 0.15) is 13.3 Å². The van der Waals surface area contributed by atoms with Crippen LogP contribution in [0.3, 0.4) is 0 Å². The van der Waals surface area contributed by atoms with E-state index in [2.05, 4.69) is 5.32 Å². The van der Waals surface area contributed by atoms with E-state index in [1.54, 1.807) is 11.9 Å². The Labute approximate surface area is 111 Å². The van der Waals surface area contributed by atoms with E-state index in [1.165, 1.54) is 12.1 Å². The van der Waals surface area contributed by atoms with Crippen molar-refractivity contribution in [3.8, 4) is 0 Å². The maximum absolute atomic E-state index is 13.5. The molecule has 0 saturated carbocycles. The first kappa shape index (κ1) is 14.6. The summed E-state index contributed by atoms with van der Waals surface area (Å²) in [4.78, 5) is 13.1. The number of carbonyl (C=O) groups excluding carboxylic acids is 1. The quantitative estimate of drug-likeness (QED) is 0.807. The fourth-order valence-corrected chi connectivity index (χ4v) is 1.80. The lowest BCUT2D eigenvalue weighted by atomic mass is 10.2. The van der Waals surface area contributed by atoms with Crippen molar-refractivity contribution in [3.05, 3.63) is 23.0 Å². The molecular weight excluding hydrogens is 257 g/mol. The van der Waals surface area contributed by atoms with Crippen molar-refractivity contribution < 1.29 is 9.18 Å². The number of hydrogen-bond donors (Lipinski definition) is 2. The molecule has 6 heteroatoms. The minimum atomic E-state index is -0.543. The van der Waals surface area contributed by atoms with Crippen LogP contribution < -0.4 is 16.0 Å². The number of nitrogens with two attached hydrogens (primary N) is 1. The van der Waals surface area contributed by atoms with Crippen molar-refractivity contribution in [1.82, 2.24) is 5.32 Å². The number of nitrogen functional groups attached to an aromatic ring is 1. The van der Waals surface area contributed by atoms with Crippen molar-refractivity contribution in [3.63, 3.8) is 0 Å². The van der Waals surface area contributed by atoms with Crippen molar-refractivity contribution in [2.75, 3.05) is 30.8 Å². The average molecular weight is 274 g/mol. The Balaban J connectivity index is 3.05. The first-order chi connectivity index (χ1) is 8.49. The van der Waals surface area contributed by atoms with E-state index in [4.69, 9.17) is 17.3 Å². The molecule has 1 amide bonds. The van der Waals surface area contributed by atoms with Crippen LogP contribution in [-0.4, -0.2) is 26.0 Å². The molecule has 0 aliphatic heterocycles. The lowest BCUT2D eigenvalue weighted by Gasteiger charge is -2.25. The fourth-order valence-electron chi connectivity index (χ4n) is 1.63. The average Bonchev–Trinajstić information content (AvgIpc) is 2.33. The highest BCUT2D eigenvalue weighted by Gasteiger charge is 2.15. The van der Waals surface area contributed by atoms with E-state index in [0.29, 0.717) is 17.9 Å². The SMILES string of the molecule is CCCN(CC(=O)NC)c1cc(F)c(Cl)cc1N. The predicted octanol–water partition coefficient (Wildman–Crippen LogP) is 2.02. The number of carbonyl (C=O) groups is 1. The van der Waals surface area contributed by atoms with E-state index in [0.717, 1.165) is 6.42 Å². The molecule has 0 bridgehead atoms. The third-order valence-corrected chi connectivity index (χ3v) is 2.81. The van der Waals surface area contributed by atoms with Crippen LogP contribution in [0.2, 0.25) is 5.02 Å². The van der Waals surface area contributed by atoms with Crippen molar-refractivity contribution in [1.29, 1.82) is 0 Å². The highest BCUT2D eigenvalue weighted by molar-refractivity contribution is 6.31. The highest BCUT2D eigenvalue weighted by atomic mass is 35.5. The molecule has 0 saturated heterocycles. The molecule has 0 fully saturated rings. The second-order valence-corrected chi connectivity index (χ2v) is 4.33. The highest BCUT2D eigenvalue weighted by Crippen LogP contribution is 2.29. The summed E-state index contributed by atoms with van der Waals surface area (Å²) in [5.41, 5.74) is 6.66. The largest absolute Gasteiger partial charge is 0.397 e. The molecule has 0 radical (unpaired) electrons. The topological polar surface area (TPSA) is 58.4 Å². The van der Waals surface area contributed by atoms with Crippen LogP contribution in [0, 0.1) is 5.82 Å². The Hall–Kier alpha value is -1.49. The van der Waals surface area contributed by atoms with Gasteiger partial charge in [-0.2, -0.15) is 0 Å². The third-order valence-electron chi connectivity index (χ3n) is 2.52. The molecule has 1 rings (SSSR count). The molecule has 0 spiro atoms. The van der Waals surface area contributed by atoms with Gasteiger partial charge in [-0.05, 0) is 12.5 Å². The first-order valence-corrected chi connectivity index (χ1v) is 6.07. The minimum absolute atomic E-state index is 0.0207. The maximum atomic E-state index is 13.5. The monoisotopic (exact) mass is 273 g/mol. The summed E-state index contributed by atoms with van der Waals surface area (Å²) in [6, 6.07) is 2.62. The van der Waals surface area contributed by atoms with Crippen LogP contribution in [0.15, 0.2) is 12.1 Å².